The minimum atomic E-state index is -0.795. The van der Waals surface area contributed by atoms with Crippen molar-refractivity contribution in [3.05, 3.63) is 0 Å². The summed E-state index contributed by atoms with van der Waals surface area (Å²) in [4.78, 5) is 12.4. The molecule has 2 N–H and O–H groups in total. The van der Waals surface area contributed by atoms with Crippen LogP contribution in [0.2, 0.25) is 0 Å². The van der Waals surface area contributed by atoms with E-state index in [0.29, 0.717) is 6.54 Å². The lowest BCUT2D eigenvalue weighted by Gasteiger charge is -2.27. The summed E-state index contributed by atoms with van der Waals surface area (Å²) in [6.07, 6.45) is -0.281. The first-order valence-electron chi connectivity index (χ1n) is 4.61. The molecule has 0 aliphatic heterocycles. The zero-order chi connectivity index (χ0) is 10.4. The Morgan fingerprint density at radius 1 is 1.46 bits per heavy atom. The first-order chi connectivity index (χ1) is 5.97. The number of hydrogen-bond acceptors (Lipinski definition) is 3. The summed E-state index contributed by atoms with van der Waals surface area (Å²) < 4.78 is 0. The number of carbonyl (C=O) groups is 1. The van der Waals surface area contributed by atoms with Gasteiger partial charge in [-0.1, -0.05) is 6.92 Å². The maximum Gasteiger partial charge on any atom is 0.304 e. The molecular weight excluding hydrogens is 170 g/mol. The summed E-state index contributed by atoms with van der Waals surface area (Å²) in [6.45, 7) is 6.82. The Morgan fingerprint density at radius 2 is 2.00 bits per heavy atom. The Balaban J connectivity index is 3.98. The van der Waals surface area contributed by atoms with Crippen molar-refractivity contribution < 1.29 is 15.0 Å². The molecule has 0 aliphatic rings. The van der Waals surface area contributed by atoms with Gasteiger partial charge in [0, 0.05) is 12.6 Å². The van der Waals surface area contributed by atoms with E-state index in [2.05, 4.69) is 0 Å². The van der Waals surface area contributed by atoms with Gasteiger partial charge in [0.2, 0.25) is 0 Å². The Labute approximate surface area is 79.2 Å². The molecule has 0 spiro atoms. The van der Waals surface area contributed by atoms with Crippen LogP contribution >= 0.6 is 0 Å². The highest BCUT2D eigenvalue weighted by molar-refractivity contribution is 5.67. The summed E-state index contributed by atoms with van der Waals surface area (Å²) in [5.74, 6) is -0.795. The second-order valence-electron chi connectivity index (χ2n) is 3.38. The van der Waals surface area contributed by atoms with Crippen molar-refractivity contribution in [3.63, 3.8) is 0 Å². The molecule has 0 heterocycles. The predicted molar refractivity (Wildman–Crippen MR) is 50.6 cm³/mol. The molecule has 4 heteroatoms. The van der Waals surface area contributed by atoms with Crippen molar-refractivity contribution in [2.75, 3.05) is 13.1 Å². The second kappa shape index (κ2) is 5.94. The number of carboxylic acids is 1. The van der Waals surface area contributed by atoms with E-state index >= 15 is 0 Å². The van der Waals surface area contributed by atoms with Crippen molar-refractivity contribution in [1.82, 2.24) is 4.90 Å². The van der Waals surface area contributed by atoms with Crippen LogP contribution in [0.5, 0.6) is 0 Å². The van der Waals surface area contributed by atoms with E-state index in [-0.39, 0.29) is 12.5 Å². The van der Waals surface area contributed by atoms with Crippen LogP contribution < -0.4 is 0 Å². The molecule has 0 rings (SSSR count). The first-order valence-corrected chi connectivity index (χ1v) is 4.61. The molecule has 0 aromatic heterocycles. The lowest BCUT2D eigenvalue weighted by atomic mass is 10.2. The molecule has 2 unspecified atom stereocenters. The van der Waals surface area contributed by atoms with E-state index in [4.69, 9.17) is 10.2 Å². The number of rotatable bonds is 6. The van der Waals surface area contributed by atoms with Crippen LogP contribution in [0.3, 0.4) is 0 Å². The van der Waals surface area contributed by atoms with Crippen molar-refractivity contribution >= 4 is 5.97 Å². The molecule has 4 nitrogen and oxygen atoms in total. The topological polar surface area (TPSA) is 60.8 Å². The summed E-state index contributed by atoms with van der Waals surface area (Å²) >= 11 is 0. The van der Waals surface area contributed by atoms with E-state index in [9.17, 15) is 4.79 Å². The number of aliphatic hydroxyl groups is 1. The number of hydrogen-bond donors (Lipinski definition) is 2. The van der Waals surface area contributed by atoms with Crippen LogP contribution in [0, 0.1) is 0 Å². The Hall–Kier alpha value is -0.610. The van der Waals surface area contributed by atoms with Gasteiger partial charge in [0.05, 0.1) is 12.5 Å². The molecule has 0 aromatic carbocycles. The summed E-state index contributed by atoms with van der Waals surface area (Å²) in [5, 5.41) is 17.7. The zero-order valence-corrected chi connectivity index (χ0v) is 8.53. The van der Waals surface area contributed by atoms with Gasteiger partial charge >= 0.3 is 5.97 Å². The SMILES string of the molecule is CCN(CC(C)O)C(C)CC(=O)O. The fraction of sp³-hybridized carbons (Fsp3) is 0.889. The molecule has 0 radical (unpaired) electrons. The summed E-state index contributed by atoms with van der Waals surface area (Å²) in [5.41, 5.74) is 0. The highest BCUT2D eigenvalue weighted by Crippen LogP contribution is 2.04. The molecule has 0 bridgehead atoms. The Bertz CT molecular complexity index is 159. The number of aliphatic hydroxyl groups excluding tert-OH is 1. The maximum atomic E-state index is 10.4. The van der Waals surface area contributed by atoms with Gasteiger partial charge in [-0.25, -0.2) is 0 Å². The first kappa shape index (κ1) is 12.4. The average Bonchev–Trinajstić information content (AvgIpc) is 1.98. The molecule has 0 aromatic rings. The minimum Gasteiger partial charge on any atom is -0.481 e. The molecular formula is C9H19NO3. The van der Waals surface area contributed by atoms with Gasteiger partial charge in [-0.05, 0) is 20.4 Å². The van der Waals surface area contributed by atoms with Gasteiger partial charge < -0.3 is 10.2 Å². The molecule has 0 amide bonds. The third-order valence-electron chi connectivity index (χ3n) is 2.00. The Kier molecular flexibility index (Phi) is 5.66. The van der Waals surface area contributed by atoms with Crippen LogP contribution in [0.4, 0.5) is 0 Å². The van der Waals surface area contributed by atoms with Gasteiger partial charge in [0.25, 0.3) is 0 Å². The molecule has 0 saturated carbocycles. The highest BCUT2D eigenvalue weighted by atomic mass is 16.4. The average molecular weight is 189 g/mol. The normalized spacial score (nSPS) is 15.8. The number of likely N-dealkylation sites (N-methyl/N-ethyl adjacent to an activating group) is 1. The number of carboxylic acid groups (broad SMARTS) is 1. The third-order valence-corrected chi connectivity index (χ3v) is 2.00. The van der Waals surface area contributed by atoms with E-state index < -0.39 is 12.1 Å². The van der Waals surface area contributed by atoms with E-state index in [1.807, 2.05) is 18.7 Å². The van der Waals surface area contributed by atoms with E-state index in [1.54, 1.807) is 6.92 Å². The number of aliphatic carboxylic acids is 1. The van der Waals surface area contributed by atoms with E-state index in [0.717, 1.165) is 6.54 Å². The largest absolute Gasteiger partial charge is 0.481 e. The molecule has 0 fully saturated rings. The molecule has 0 aliphatic carbocycles. The van der Waals surface area contributed by atoms with Gasteiger partial charge in [-0.3, -0.25) is 9.69 Å². The number of nitrogens with zero attached hydrogens (tertiary/aromatic N) is 1. The molecule has 2 atom stereocenters. The monoisotopic (exact) mass is 189 g/mol. The second-order valence-corrected chi connectivity index (χ2v) is 3.38. The fourth-order valence-corrected chi connectivity index (χ4v) is 1.34. The van der Waals surface area contributed by atoms with Crippen molar-refractivity contribution in [1.29, 1.82) is 0 Å². The fourth-order valence-electron chi connectivity index (χ4n) is 1.34. The maximum absolute atomic E-state index is 10.4. The minimum absolute atomic E-state index is 0.0166. The molecule has 78 valence electrons. The quantitative estimate of drug-likeness (QED) is 0.640. The van der Waals surface area contributed by atoms with Gasteiger partial charge in [-0.15, -0.1) is 0 Å². The van der Waals surface area contributed by atoms with Crippen LogP contribution in [0.1, 0.15) is 27.2 Å². The third kappa shape index (κ3) is 5.60. The predicted octanol–water partition coefficient (Wildman–Crippen LogP) is 0.552. The standard InChI is InChI=1S/C9H19NO3/c1-4-10(6-8(3)11)7(2)5-9(12)13/h7-8,11H,4-6H2,1-3H3,(H,12,13). The van der Waals surface area contributed by atoms with Crippen LogP contribution in [-0.2, 0) is 4.79 Å². The molecule has 0 saturated heterocycles. The lowest BCUT2D eigenvalue weighted by Crippen LogP contribution is -2.39. The van der Waals surface area contributed by atoms with Crippen LogP contribution in [-0.4, -0.2) is 46.3 Å². The zero-order valence-electron chi connectivity index (χ0n) is 8.53. The van der Waals surface area contributed by atoms with E-state index in [1.165, 1.54) is 0 Å². The summed E-state index contributed by atoms with van der Waals surface area (Å²) in [7, 11) is 0. The highest BCUT2D eigenvalue weighted by Gasteiger charge is 2.16. The van der Waals surface area contributed by atoms with Crippen molar-refractivity contribution in [3.8, 4) is 0 Å². The van der Waals surface area contributed by atoms with Crippen LogP contribution in [0.15, 0.2) is 0 Å². The smallest absolute Gasteiger partial charge is 0.304 e. The van der Waals surface area contributed by atoms with Gasteiger partial charge in [0.15, 0.2) is 0 Å². The molecule has 13 heavy (non-hydrogen) atoms. The van der Waals surface area contributed by atoms with Crippen molar-refractivity contribution in [2.45, 2.75) is 39.3 Å². The van der Waals surface area contributed by atoms with Crippen LogP contribution in [0.25, 0.3) is 0 Å². The van der Waals surface area contributed by atoms with Crippen molar-refractivity contribution in [2.24, 2.45) is 0 Å². The Morgan fingerprint density at radius 3 is 2.31 bits per heavy atom. The van der Waals surface area contributed by atoms with Gasteiger partial charge in [-0.2, -0.15) is 0 Å². The lowest BCUT2D eigenvalue weighted by molar-refractivity contribution is -0.138. The summed E-state index contributed by atoms with van der Waals surface area (Å²) in [6, 6.07) is -0.0166. The van der Waals surface area contributed by atoms with Gasteiger partial charge in [0.1, 0.15) is 0 Å².